The predicted octanol–water partition coefficient (Wildman–Crippen LogP) is 6.91. The van der Waals surface area contributed by atoms with Gasteiger partial charge in [0.2, 0.25) is 0 Å². The van der Waals surface area contributed by atoms with Crippen LogP contribution in [0.15, 0.2) is 83.0 Å². The van der Waals surface area contributed by atoms with Gasteiger partial charge in [-0.05, 0) is 73.0 Å². The average molecular weight is 484 g/mol. The van der Waals surface area contributed by atoms with Gasteiger partial charge in [-0.15, -0.1) is 0 Å². The molecule has 0 spiro atoms. The molecular weight excluding hydrogens is 454 g/mol. The molecule has 1 aliphatic carbocycles. The molecule has 6 heteroatoms. The number of rotatable bonds is 6. The first-order chi connectivity index (χ1) is 17.2. The fourth-order valence-corrected chi connectivity index (χ4v) is 5.48. The molecular formula is C29H29N3O2S. The number of ether oxygens (including phenoxy) is 1. The van der Waals surface area contributed by atoms with E-state index >= 15 is 0 Å². The zero-order chi connectivity index (χ0) is 24.0. The van der Waals surface area contributed by atoms with Crippen molar-refractivity contribution in [1.82, 2.24) is 9.88 Å². The minimum atomic E-state index is 0.0456. The predicted molar refractivity (Wildman–Crippen MR) is 143 cm³/mol. The number of hydrogen-bond donors (Lipinski definition) is 0. The molecule has 35 heavy (non-hydrogen) atoms. The summed E-state index contributed by atoms with van der Waals surface area (Å²) in [6.07, 6.45) is 11.0. The van der Waals surface area contributed by atoms with E-state index < -0.39 is 0 Å². The van der Waals surface area contributed by atoms with Crippen LogP contribution >= 0.6 is 11.8 Å². The summed E-state index contributed by atoms with van der Waals surface area (Å²) in [6.45, 7) is 2.60. The van der Waals surface area contributed by atoms with Crippen molar-refractivity contribution in [3.8, 4) is 5.75 Å². The minimum absolute atomic E-state index is 0.0456. The molecule has 2 heterocycles. The highest BCUT2D eigenvalue weighted by molar-refractivity contribution is 8.18. The maximum atomic E-state index is 13.5. The second-order valence-corrected chi connectivity index (χ2v) is 10.0. The monoisotopic (exact) mass is 483 g/mol. The van der Waals surface area contributed by atoms with Crippen LogP contribution in [0.3, 0.4) is 0 Å². The molecule has 0 N–H and O–H groups in total. The molecule has 1 aromatic heterocycles. The number of benzene rings is 2. The van der Waals surface area contributed by atoms with Crippen molar-refractivity contribution in [3.63, 3.8) is 0 Å². The summed E-state index contributed by atoms with van der Waals surface area (Å²) in [5.74, 6) is 0.852. The van der Waals surface area contributed by atoms with Crippen LogP contribution in [0.5, 0.6) is 5.75 Å². The van der Waals surface area contributed by atoms with Crippen LogP contribution in [0, 0.1) is 6.92 Å². The van der Waals surface area contributed by atoms with Crippen molar-refractivity contribution in [1.29, 1.82) is 0 Å². The lowest BCUT2D eigenvalue weighted by Gasteiger charge is -2.30. The van der Waals surface area contributed by atoms with Crippen molar-refractivity contribution >= 4 is 34.6 Å². The first kappa shape index (κ1) is 23.4. The van der Waals surface area contributed by atoms with E-state index in [9.17, 15) is 4.79 Å². The van der Waals surface area contributed by atoms with Crippen LogP contribution in [0.1, 0.15) is 48.8 Å². The Morgan fingerprint density at radius 3 is 2.54 bits per heavy atom. The van der Waals surface area contributed by atoms with Gasteiger partial charge in [-0.1, -0.05) is 61.2 Å². The number of aliphatic imine (C=N–C) groups is 1. The molecule has 178 valence electrons. The first-order valence-corrected chi connectivity index (χ1v) is 13.0. The highest BCUT2D eigenvalue weighted by Crippen LogP contribution is 2.38. The molecule has 2 aromatic carbocycles. The maximum absolute atomic E-state index is 13.5. The first-order valence-electron chi connectivity index (χ1n) is 12.2. The van der Waals surface area contributed by atoms with E-state index in [2.05, 4.69) is 36.2 Å². The number of amidine groups is 1. The second kappa shape index (κ2) is 10.9. The maximum Gasteiger partial charge on any atom is 0.267 e. The van der Waals surface area contributed by atoms with E-state index in [0.29, 0.717) is 11.5 Å². The Bertz CT molecular complexity index is 1220. The van der Waals surface area contributed by atoms with Crippen LogP contribution in [0.25, 0.3) is 6.08 Å². The molecule has 1 aliphatic heterocycles. The lowest BCUT2D eigenvalue weighted by Crippen LogP contribution is -2.40. The third kappa shape index (κ3) is 5.82. The number of pyridine rings is 1. The Labute approximate surface area is 210 Å². The van der Waals surface area contributed by atoms with Crippen molar-refractivity contribution in [2.75, 3.05) is 0 Å². The highest BCUT2D eigenvalue weighted by atomic mass is 32.2. The number of nitrogens with zero attached hydrogens (tertiary/aromatic N) is 3. The van der Waals surface area contributed by atoms with Crippen molar-refractivity contribution in [3.05, 3.63) is 94.7 Å². The summed E-state index contributed by atoms with van der Waals surface area (Å²) >= 11 is 1.45. The van der Waals surface area contributed by atoms with Gasteiger partial charge < -0.3 is 4.74 Å². The quantitative estimate of drug-likeness (QED) is 0.358. The molecule has 1 amide bonds. The molecule has 0 radical (unpaired) electrons. The number of hydrogen-bond acceptors (Lipinski definition) is 5. The molecule has 0 bridgehead atoms. The normalized spacial score (nSPS) is 19.0. The van der Waals surface area contributed by atoms with E-state index in [0.717, 1.165) is 53.4 Å². The molecule has 0 atom stereocenters. The molecule has 0 unspecified atom stereocenters. The van der Waals surface area contributed by atoms with Gasteiger partial charge in [0.25, 0.3) is 5.91 Å². The van der Waals surface area contributed by atoms with Crippen molar-refractivity contribution < 1.29 is 9.53 Å². The molecule has 1 saturated heterocycles. The fourth-order valence-electron chi connectivity index (χ4n) is 4.42. The zero-order valence-corrected chi connectivity index (χ0v) is 20.7. The summed E-state index contributed by atoms with van der Waals surface area (Å²) in [6, 6.07) is 20.2. The summed E-state index contributed by atoms with van der Waals surface area (Å²) in [5, 5.41) is 0.749. The van der Waals surface area contributed by atoms with Gasteiger partial charge >= 0.3 is 0 Å². The summed E-state index contributed by atoms with van der Waals surface area (Å²) in [4.78, 5) is 25.1. The van der Waals surface area contributed by atoms with Crippen LogP contribution < -0.4 is 4.74 Å². The van der Waals surface area contributed by atoms with Gasteiger partial charge in [0.1, 0.15) is 12.4 Å². The summed E-state index contributed by atoms with van der Waals surface area (Å²) in [5.41, 5.74) is 4.11. The highest BCUT2D eigenvalue weighted by Gasteiger charge is 2.38. The molecule has 5 nitrogen and oxygen atoms in total. The van der Waals surface area contributed by atoms with Crippen molar-refractivity contribution in [2.45, 2.75) is 51.7 Å². The lowest BCUT2D eigenvalue weighted by atomic mass is 9.94. The number of carbonyl (C=O) groups is 1. The summed E-state index contributed by atoms with van der Waals surface area (Å²) in [7, 11) is 0. The lowest BCUT2D eigenvalue weighted by molar-refractivity contribution is -0.124. The van der Waals surface area contributed by atoms with E-state index in [4.69, 9.17) is 9.73 Å². The van der Waals surface area contributed by atoms with Crippen LogP contribution in [0.2, 0.25) is 0 Å². The Morgan fingerprint density at radius 1 is 1.06 bits per heavy atom. The van der Waals surface area contributed by atoms with Gasteiger partial charge in [0, 0.05) is 12.2 Å². The van der Waals surface area contributed by atoms with Gasteiger partial charge in [0.15, 0.2) is 5.17 Å². The number of amides is 1. The topological polar surface area (TPSA) is 54.8 Å². The van der Waals surface area contributed by atoms with Gasteiger partial charge in [-0.25, -0.2) is 4.99 Å². The minimum Gasteiger partial charge on any atom is -0.489 e. The fraction of sp³-hybridized carbons (Fsp3) is 0.276. The van der Waals surface area contributed by atoms with Crippen molar-refractivity contribution in [2.24, 2.45) is 4.99 Å². The number of aryl methyl sites for hydroxylation is 1. The van der Waals surface area contributed by atoms with E-state index in [1.807, 2.05) is 47.4 Å². The largest absolute Gasteiger partial charge is 0.489 e. The second-order valence-electron chi connectivity index (χ2n) is 9.03. The molecule has 5 rings (SSSR count). The van der Waals surface area contributed by atoms with Gasteiger partial charge in [-0.2, -0.15) is 0 Å². The van der Waals surface area contributed by atoms with Crippen LogP contribution in [-0.4, -0.2) is 27.0 Å². The number of thioether (sulfide) groups is 1. The van der Waals surface area contributed by atoms with E-state index in [1.165, 1.54) is 23.7 Å². The average Bonchev–Trinajstić information content (AvgIpc) is 3.19. The number of carbonyl (C=O) groups excluding carboxylic acids is 1. The molecule has 1 saturated carbocycles. The van der Waals surface area contributed by atoms with E-state index in [-0.39, 0.29) is 11.9 Å². The molecule has 2 fully saturated rings. The molecule has 2 aliphatic rings. The van der Waals surface area contributed by atoms with Crippen LogP contribution in [-0.2, 0) is 11.4 Å². The Kier molecular flexibility index (Phi) is 7.28. The third-order valence-corrected chi connectivity index (χ3v) is 7.33. The summed E-state index contributed by atoms with van der Waals surface area (Å²) < 4.78 is 5.93. The smallest absolute Gasteiger partial charge is 0.267 e. The SMILES string of the molecule is Cc1ccc(COc2ccc(/C=C3\SC(=Nc4cccnc4)N(C4CCCCC4)C3=O)cc2)cc1. The van der Waals surface area contributed by atoms with Gasteiger partial charge in [0.05, 0.1) is 16.8 Å². The number of aromatic nitrogens is 1. The standard InChI is InChI=1S/C29H29N3O2S/c1-21-9-11-23(12-10-21)20-34-26-15-13-22(14-16-26)18-27-28(33)32(25-7-3-2-4-8-25)29(35-27)31-24-6-5-17-30-19-24/h5-6,9-19,25H,2-4,7-8,20H2,1H3/b27-18-,31-29?. The van der Waals surface area contributed by atoms with E-state index in [1.54, 1.807) is 12.4 Å². The zero-order valence-electron chi connectivity index (χ0n) is 19.9. The Balaban J connectivity index is 1.33. The van der Waals surface area contributed by atoms with Crippen LogP contribution in [0.4, 0.5) is 5.69 Å². The Hall–Kier alpha value is -3.38. The van der Waals surface area contributed by atoms with Gasteiger partial charge in [-0.3, -0.25) is 14.7 Å². The third-order valence-electron chi connectivity index (χ3n) is 6.35. The Morgan fingerprint density at radius 2 is 1.83 bits per heavy atom. The molecule has 3 aromatic rings.